The van der Waals surface area contributed by atoms with Crippen LogP contribution in [0.3, 0.4) is 0 Å². The fourth-order valence-electron chi connectivity index (χ4n) is 3.00. The van der Waals surface area contributed by atoms with Gasteiger partial charge < -0.3 is 20.1 Å². The maximum atomic E-state index is 5.71. The Morgan fingerprint density at radius 1 is 1.21 bits per heavy atom. The fourth-order valence-corrected chi connectivity index (χ4v) is 3.00. The first-order chi connectivity index (χ1) is 11.9. The summed E-state index contributed by atoms with van der Waals surface area (Å²) in [5.41, 5.74) is 3.23. The zero-order valence-corrected chi connectivity index (χ0v) is 13.5. The second-order valence-electron chi connectivity index (χ2n) is 5.93. The second kappa shape index (κ2) is 7.21. The summed E-state index contributed by atoms with van der Waals surface area (Å²) in [4.78, 5) is 13.6. The lowest BCUT2D eigenvalue weighted by atomic mass is 10.1. The summed E-state index contributed by atoms with van der Waals surface area (Å²) in [5, 5.41) is 6.83. The average molecular weight is 327 g/mol. The molecule has 0 radical (unpaired) electrons. The number of nitrogens with one attached hydrogen (secondary N) is 2. The molecular weight excluding hydrogens is 306 g/mol. The Balaban J connectivity index is 1.61. The molecule has 7 heteroatoms. The van der Waals surface area contributed by atoms with Crippen molar-refractivity contribution in [2.75, 3.05) is 38.2 Å². The van der Waals surface area contributed by atoms with E-state index in [9.17, 15) is 0 Å². The van der Waals surface area contributed by atoms with Crippen LogP contribution in [0.1, 0.15) is 11.3 Å². The highest BCUT2D eigenvalue weighted by atomic mass is 16.6. The maximum absolute atomic E-state index is 5.71. The van der Waals surface area contributed by atoms with Gasteiger partial charge in [-0.25, -0.2) is 9.97 Å². The smallest absolute Gasteiger partial charge is 0.161 e. The van der Waals surface area contributed by atoms with E-state index in [4.69, 9.17) is 19.4 Å². The van der Waals surface area contributed by atoms with E-state index < -0.39 is 0 Å². The molecule has 2 aliphatic heterocycles. The third-order valence-electron chi connectivity index (χ3n) is 4.26. The summed E-state index contributed by atoms with van der Waals surface area (Å²) < 4.78 is 11.2. The van der Waals surface area contributed by atoms with Crippen LogP contribution in [0.5, 0.6) is 0 Å². The minimum atomic E-state index is 0.0652. The highest BCUT2D eigenvalue weighted by molar-refractivity contribution is 5.59. The van der Waals surface area contributed by atoms with Crippen molar-refractivity contribution >= 4 is 5.82 Å². The number of fused-ring (bicyclic) bond motifs is 1. The van der Waals surface area contributed by atoms with Crippen LogP contribution >= 0.6 is 0 Å². The lowest BCUT2D eigenvalue weighted by molar-refractivity contribution is -0.0819. The summed E-state index contributed by atoms with van der Waals surface area (Å²) >= 11 is 0. The van der Waals surface area contributed by atoms with E-state index >= 15 is 0 Å². The van der Waals surface area contributed by atoms with E-state index in [0.29, 0.717) is 26.4 Å². The van der Waals surface area contributed by atoms with Crippen LogP contribution in [0.4, 0.5) is 5.82 Å². The number of hydrogen-bond donors (Lipinski definition) is 2. The normalized spacial score (nSPS) is 20.4. The minimum absolute atomic E-state index is 0.0652. The number of aromatic nitrogens is 3. The molecule has 0 unspecified atom stereocenters. The fraction of sp³-hybridized carbons (Fsp3) is 0.471. The molecule has 24 heavy (non-hydrogen) atoms. The summed E-state index contributed by atoms with van der Waals surface area (Å²) in [7, 11) is 0. The van der Waals surface area contributed by atoms with Crippen molar-refractivity contribution in [1.29, 1.82) is 0 Å². The van der Waals surface area contributed by atoms with Crippen molar-refractivity contribution in [3.8, 4) is 11.4 Å². The highest BCUT2D eigenvalue weighted by Crippen LogP contribution is 2.24. The molecule has 2 aromatic rings. The van der Waals surface area contributed by atoms with E-state index in [1.54, 1.807) is 12.4 Å². The molecule has 0 aliphatic carbocycles. The quantitative estimate of drug-likeness (QED) is 0.867. The van der Waals surface area contributed by atoms with Crippen molar-refractivity contribution in [2.24, 2.45) is 0 Å². The topological polar surface area (TPSA) is 81.2 Å². The van der Waals surface area contributed by atoms with E-state index in [-0.39, 0.29) is 6.10 Å². The summed E-state index contributed by atoms with van der Waals surface area (Å²) in [5.74, 6) is 1.63. The van der Waals surface area contributed by atoms with Crippen LogP contribution in [0.25, 0.3) is 11.4 Å². The number of anilines is 1. The van der Waals surface area contributed by atoms with Gasteiger partial charge in [0.1, 0.15) is 5.82 Å². The first-order valence-electron chi connectivity index (χ1n) is 8.34. The molecular formula is C17H21N5O2. The molecule has 1 atom stereocenters. The molecule has 0 bridgehead atoms. The molecule has 126 valence electrons. The monoisotopic (exact) mass is 327 g/mol. The average Bonchev–Trinajstić information content (AvgIpc) is 2.67. The van der Waals surface area contributed by atoms with Crippen molar-refractivity contribution in [3.63, 3.8) is 0 Å². The van der Waals surface area contributed by atoms with Crippen LogP contribution in [-0.2, 0) is 22.4 Å². The number of hydrogen-bond acceptors (Lipinski definition) is 7. The molecule has 4 rings (SSSR count). The molecule has 0 saturated carbocycles. The number of pyridine rings is 1. The molecule has 2 aromatic heterocycles. The predicted molar refractivity (Wildman–Crippen MR) is 89.7 cm³/mol. The van der Waals surface area contributed by atoms with Crippen LogP contribution in [0.15, 0.2) is 24.5 Å². The SMILES string of the molecule is c1cc(-c2nc3c(c(NC[C@H]4COCCO4)n2)CCNC3)ccn1. The van der Waals surface area contributed by atoms with Gasteiger partial charge in [0, 0.05) is 36.6 Å². The van der Waals surface area contributed by atoms with Crippen LogP contribution in [-0.4, -0.2) is 54.0 Å². The van der Waals surface area contributed by atoms with Gasteiger partial charge in [-0.15, -0.1) is 0 Å². The molecule has 2 N–H and O–H groups in total. The molecule has 4 heterocycles. The minimum Gasteiger partial charge on any atom is -0.376 e. The van der Waals surface area contributed by atoms with Crippen molar-refractivity contribution in [2.45, 2.75) is 19.1 Å². The molecule has 1 fully saturated rings. The van der Waals surface area contributed by atoms with E-state index in [2.05, 4.69) is 15.6 Å². The Bertz CT molecular complexity index is 689. The number of ether oxygens (including phenoxy) is 2. The van der Waals surface area contributed by atoms with Crippen LogP contribution < -0.4 is 10.6 Å². The number of rotatable bonds is 4. The highest BCUT2D eigenvalue weighted by Gasteiger charge is 2.20. The van der Waals surface area contributed by atoms with Gasteiger partial charge in [-0.2, -0.15) is 0 Å². The third kappa shape index (κ3) is 3.38. The third-order valence-corrected chi connectivity index (χ3v) is 4.26. The van der Waals surface area contributed by atoms with Gasteiger partial charge >= 0.3 is 0 Å². The van der Waals surface area contributed by atoms with Gasteiger partial charge in [-0.1, -0.05) is 0 Å². The Hall–Kier alpha value is -2.09. The van der Waals surface area contributed by atoms with Gasteiger partial charge in [0.2, 0.25) is 0 Å². The van der Waals surface area contributed by atoms with E-state index in [1.165, 1.54) is 5.56 Å². The van der Waals surface area contributed by atoms with Gasteiger partial charge in [0.15, 0.2) is 5.82 Å². The molecule has 7 nitrogen and oxygen atoms in total. The molecule has 1 saturated heterocycles. The van der Waals surface area contributed by atoms with Gasteiger partial charge in [0.05, 0.1) is 31.6 Å². The first kappa shape index (κ1) is 15.4. The van der Waals surface area contributed by atoms with Gasteiger partial charge in [0.25, 0.3) is 0 Å². The van der Waals surface area contributed by atoms with Gasteiger partial charge in [-0.05, 0) is 25.1 Å². The van der Waals surface area contributed by atoms with Crippen LogP contribution in [0.2, 0.25) is 0 Å². The van der Waals surface area contributed by atoms with Crippen molar-refractivity contribution < 1.29 is 9.47 Å². The largest absolute Gasteiger partial charge is 0.376 e. The van der Waals surface area contributed by atoms with Gasteiger partial charge in [-0.3, -0.25) is 4.98 Å². The lowest BCUT2D eigenvalue weighted by Gasteiger charge is -2.25. The lowest BCUT2D eigenvalue weighted by Crippen LogP contribution is -2.35. The first-order valence-corrected chi connectivity index (χ1v) is 8.34. The summed E-state index contributed by atoms with van der Waals surface area (Å²) in [6, 6.07) is 3.86. The predicted octanol–water partition coefficient (Wildman–Crippen LogP) is 1.01. The molecule has 0 spiro atoms. The van der Waals surface area contributed by atoms with Crippen molar-refractivity contribution in [3.05, 3.63) is 35.8 Å². The molecule has 0 aromatic carbocycles. The van der Waals surface area contributed by atoms with E-state index in [0.717, 1.165) is 42.4 Å². The zero-order chi connectivity index (χ0) is 16.2. The standard InChI is InChI=1S/C17H21N5O2/c1-4-18-5-2-12(1)16-21-15-10-19-6-3-14(15)17(22-16)20-9-13-11-23-7-8-24-13/h1-2,4-5,13,19H,3,6-11H2,(H,20,21,22)/t13-/m0/s1. The number of nitrogens with zero attached hydrogens (tertiary/aromatic N) is 3. The Kier molecular flexibility index (Phi) is 4.64. The maximum Gasteiger partial charge on any atom is 0.161 e. The summed E-state index contributed by atoms with van der Waals surface area (Å²) in [6.07, 6.45) is 4.51. The zero-order valence-electron chi connectivity index (χ0n) is 13.5. The molecule has 2 aliphatic rings. The van der Waals surface area contributed by atoms with E-state index in [1.807, 2.05) is 12.1 Å². The second-order valence-corrected chi connectivity index (χ2v) is 5.93. The Morgan fingerprint density at radius 3 is 2.96 bits per heavy atom. The Labute approximate surface area is 140 Å². The molecule has 0 amide bonds. The Morgan fingerprint density at radius 2 is 2.12 bits per heavy atom. The van der Waals surface area contributed by atoms with Crippen LogP contribution in [0, 0.1) is 0 Å². The van der Waals surface area contributed by atoms with Crippen molar-refractivity contribution in [1.82, 2.24) is 20.3 Å². The summed E-state index contributed by atoms with van der Waals surface area (Å²) in [6.45, 7) is 4.36.